The molecule has 0 amide bonds. The van der Waals surface area contributed by atoms with Crippen LogP contribution in [0.5, 0.6) is 0 Å². The molecule has 1 saturated heterocycles. The Morgan fingerprint density at radius 3 is 2.56 bits per heavy atom. The first-order valence-electron chi connectivity index (χ1n) is 5.92. The second-order valence-electron chi connectivity index (χ2n) is 4.76. The van der Waals surface area contributed by atoms with Crippen LogP contribution in [0.25, 0.3) is 0 Å². The van der Waals surface area contributed by atoms with Crippen molar-refractivity contribution in [2.24, 2.45) is 0 Å². The van der Waals surface area contributed by atoms with Crippen LogP contribution in [0.1, 0.15) is 13.8 Å². The summed E-state index contributed by atoms with van der Waals surface area (Å²) in [5.74, 6) is 0. The van der Waals surface area contributed by atoms with Gasteiger partial charge in [0.25, 0.3) is 5.69 Å². The summed E-state index contributed by atoms with van der Waals surface area (Å²) in [5.41, 5.74) is 0.856. The molecule has 1 fully saturated rings. The Morgan fingerprint density at radius 2 is 2.00 bits per heavy atom. The molecule has 2 atom stereocenters. The molecule has 0 radical (unpaired) electrons. The molecule has 1 heterocycles. The molecule has 2 rings (SSSR count). The first-order valence-corrected chi connectivity index (χ1v) is 6.71. The van der Waals surface area contributed by atoms with Crippen LogP contribution in [0.4, 0.5) is 11.4 Å². The van der Waals surface area contributed by atoms with Crippen LogP contribution in [0.3, 0.4) is 0 Å². The first-order chi connectivity index (χ1) is 8.47. The summed E-state index contributed by atoms with van der Waals surface area (Å²) in [5, 5.41) is 14.5. The summed E-state index contributed by atoms with van der Waals surface area (Å²) in [6.45, 7) is 5.74. The highest BCUT2D eigenvalue weighted by molar-refractivity contribution is 9.10. The maximum atomic E-state index is 11.1. The average molecular weight is 314 g/mol. The monoisotopic (exact) mass is 313 g/mol. The molecular formula is C12H16BrN3O2. The van der Waals surface area contributed by atoms with Crippen molar-refractivity contribution < 1.29 is 4.92 Å². The highest BCUT2D eigenvalue weighted by atomic mass is 79.9. The topological polar surface area (TPSA) is 58.4 Å². The second-order valence-corrected chi connectivity index (χ2v) is 5.68. The molecule has 1 aliphatic rings. The predicted octanol–water partition coefficient (Wildman–Crippen LogP) is 2.54. The van der Waals surface area contributed by atoms with E-state index in [2.05, 4.69) is 40.0 Å². The van der Waals surface area contributed by atoms with Gasteiger partial charge in [-0.15, -0.1) is 0 Å². The second kappa shape index (κ2) is 5.24. The highest BCUT2D eigenvalue weighted by Gasteiger charge is 2.26. The average Bonchev–Trinajstić information content (AvgIpc) is 2.27. The zero-order valence-corrected chi connectivity index (χ0v) is 12.0. The maximum Gasteiger partial charge on any atom is 0.292 e. The van der Waals surface area contributed by atoms with Crippen molar-refractivity contribution in [3.63, 3.8) is 0 Å². The Labute approximate surface area is 114 Å². The van der Waals surface area contributed by atoms with E-state index >= 15 is 0 Å². The van der Waals surface area contributed by atoms with Crippen molar-refractivity contribution >= 4 is 27.3 Å². The summed E-state index contributed by atoms with van der Waals surface area (Å²) in [4.78, 5) is 12.8. The van der Waals surface area contributed by atoms with Crippen molar-refractivity contribution in [3.8, 4) is 0 Å². The minimum Gasteiger partial charge on any atom is -0.363 e. The number of nitro benzene ring substituents is 1. The van der Waals surface area contributed by atoms with Crippen LogP contribution in [0.15, 0.2) is 22.7 Å². The molecule has 2 unspecified atom stereocenters. The molecule has 1 aromatic carbocycles. The van der Waals surface area contributed by atoms with Gasteiger partial charge in [-0.05, 0) is 26.0 Å². The van der Waals surface area contributed by atoms with E-state index in [0.29, 0.717) is 17.8 Å². The number of rotatable bonds is 2. The maximum absolute atomic E-state index is 11.1. The summed E-state index contributed by atoms with van der Waals surface area (Å²) in [6.07, 6.45) is 0. The third kappa shape index (κ3) is 2.81. The smallest absolute Gasteiger partial charge is 0.292 e. The van der Waals surface area contributed by atoms with Gasteiger partial charge in [-0.1, -0.05) is 15.9 Å². The SMILES string of the molecule is CC1CN(c2cc(Br)ccc2[N+](=O)[O-])CC(C)N1. The van der Waals surface area contributed by atoms with E-state index in [1.54, 1.807) is 12.1 Å². The molecular weight excluding hydrogens is 298 g/mol. The molecule has 18 heavy (non-hydrogen) atoms. The highest BCUT2D eigenvalue weighted by Crippen LogP contribution is 2.32. The van der Waals surface area contributed by atoms with E-state index in [9.17, 15) is 10.1 Å². The fraction of sp³-hybridized carbons (Fsp3) is 0.500. The number of nitrogens with zero attached hydrogens (tertiary/aromatic N) is 2. The van der Waals surface area contributed by atoms with E-state index in [4.69, 9.17) is 0 Å². The third-order valence-electron chi connectivity index (χ3n) is 3.03. The Kier molecular flexibility index (Phi) is 3.87. The standard InChI is InChI=1S/C12H16BrN3O2/c1-8-6-15(7-9(2)14-8)12-5-10(13)3-4-11(12)16(17)18/h3-5,8-9,14H,6-7H2,1-2H3. The molecule has 0 aromatic heterocycles. The van der Waals surface area contributed by atoms with Crippen molar-refractivity contribution in [2.45, 2.75) is 25.9 Å². The lowest BCUT2D eigenvalue weighted by Crippen LogP contribution is -2.54. The largest absolute Gasteiger partial charge is 0.363 e. The molecule has 0 spiro atoms. The van der Waals surface area contributed by atoms with Gasteiger partial charge >= 0.3 is 0 Å². The van der Waals surface area contributed by atoms with Crippen LogP contribution in [0.2, 0.25) is 0 Å². The third-order valence-corrected chi connectivity index (χ3v) is 3.53. The predicted molar refractivity (Wildman–Crippen MR) is 75.1 cm³/mol. The van der Waals surface area contributed by atoms with E-state index in [1.165, 1.54) is 0 Å². The van der Waals surface area contributed by atoms with Crippen LogP contribution in [-0.4, -0.2) is 30.1 Å². The lowest BCUT2D eigenvalue weighted by molar-refractivity contribution is -0.384. The Bertz CT molecular complexity index is 457. The lowest BCUT2D eigenvalue weighted by Gasteiger charge is -2.37. The van der Waals surface area contributed by atoms with Crippen molar-refractivity contribution in [1.29, 1.82) is 0 Å². The molecule has 6 heteroatoms. The molecule has 0 aliphatic carbocycles. The van der Waals surface area contributed by atoms with Gasteiger partial charge in [0, 0.05) is 35.7 Å². The summed E-state index contributed by atoms with van der Waals surface area (Å²) >= 11 is 3.38. The normalized spacial score (nSPS) is 24.1. The van der Waals surface area contributed by atoms with Crippen molar-refractivity contribution in [1.82, 2.24) is 5.32 Å². The van der Waals surface area contributed by atoms with Gasteiger partial charge in [0.05, 0.1) is 4.92 Å². The number of piperazine rings is 1. The van der Waals surface area contributed by atoms with Gasteiger partial charge in [-0.3, -0.25) is 10.1 Å². The summed E-state index contributed by atoms with van der Waals surface area (Å²) < 4.78 is 0.863. The van der Waals surface area contributed by atoms with E-state index in [-0.39, 0.29) is 10.6 Å². The molecule has 5 nitrogen and oxygen atoms in total. The number of nitrogens with one attached hydrogen (secondary N) is 1. The molecule has 0 bridgehead atoms. The number of nitro groups is 1. The molecule has 1 N–H and O–H groups in total. The molecule has 1 aliphatic heterocycles. The molecule has 98 valence electrons. The Balaban J connectivity index is 2.36. The quantitative estimate of drug-likeness (QED) is 0.673. The van der Waals surface area contributed by atoms with Gasteiger partial charge in [0.15, 0.2) is 0 Å². The van der Waals surface area contributed by atoms with Gasteiger partial charge in [-0.25, -0.2) is 0 Å². The van der Waals surface area contributed by atoms with Crippen molar-refractivity contribution in [2.75, 3.05) is 18.0 Å². The summed E-state index contributed by atoms with van der Waals surface area (Å²) in [6, 6.07) is 5.73. The van der Waals surface area contributed by atoms with E-state index in [0.717, 1.165) is 17.6 Å². The molecule has 0 saturated carbocycles. The van der Waals surface area contributed by atoms with Gasteiger partial charge in [0.2, 0.25) is 0 Å². The Morgan fingerprint density at radius 1 is 1.39 bits per heavy atom. The minimum atomic E-state index is -0.320. The number of hydrogen-bond acceptors (Lipinski definition) is 4. The zero-order valence-electron chi connectivity index (χ0n) is 10.4. The minimum absolute atomic E-state index is 0.166. The van der Waals surface area contributed by atoms with Gasteiger partial charge in [0.1, 0.15) is 5.69 Å². The number of hydrogen-bond donors (Lipinski definition) is 1. The lowest BCUT2D eigenvalue weighted by atomic mass is 10.1. The number of anilines is 1. The van der Waals surface area contributed by atoms with Crippen LogP contribution < -0.4 is 10.2 Å². The van der Waals surface area contributed by atoms with Crippen LogP contribution in [-0.2, 0) is 0 Å². The fourth-order valence-corrected chi connectivity index (χ4v) is 2.78. The summed E-state index contributed by atoms with van der Waals surface area (Å²) in [7, 11) is 0. The number of halogens is 1. The van der Waals surface area contributed by atoms with Gasteiger partial charge < -0.3 is 10.2 Å². The van der Waals surface area contributed by atoms with Crippen LogP contribution >= 0.6 is 15.9 Å². The Hall–Kier alpha value is -1.14. The van der Waals surface area contributed by atoms with Crippen molar-refractivity contribution in [3.05, 3.63) is 32.8 Å². The number of benzene rings is 1. The van der Waals surface area contributed by atoms with Crippen LogP contribution in [0, 0.1) is 10.1 Å². The van der Waals surface area contributed by atoms with Gasteiger partial charge in [-0.2, -0.15) is 0 Å². The van der Waals surface area contributed by atoms with E-state index < -0.39 is 0 Å². The molecule has 1 aromatic rings. The zero-order chi connectivity index (χ0) is 13.3. The fourth-order valence-electron chi connectivity index (χ4n) is 2.43. The van der Waals surface area contributed by atoms with E-state index in [1.807, 2.05) is 6.07 Å². The first kappa shape index (κ1) is 13.3.